The van der Waals surface area contributed by atoms with Crippen LogP contribution in [0.4, 0.5) is 5.82 Å². The van der Waals surface area contributed by atoms with E-state index >= 15 is 0 Å². The summed E-state index contributed by atoms with van der Waals surface area (Å²) in [5, 5.41) is 1.40. The van der Waals surface area contributed by atoms with Crippen LogP contribution >= 0.6 is 23.4 Å². The summed E-state index contributed by atoms with van der Waals surface area (Å²) >= 11 is 8.38. The van der Waals surface area contributed by atoms with E-state index in [2.05, 4.69) is 16.8 Å². The van der Waals surface area contributed by atoms with Crippen molar-refractivity contribution in [3.8, 4) is 0 Å². The second kappa shape index (κ2) is 5.94. The van der Waals surface area contributed by atoms with Crippen molar-refractivity contribution in [2.75, 3.05) is 23.7 Å². The molecule has 0 spiro atoms. The zero-order valence-corrected chi connectivity index (χ0v) is 11.6. The Balaban J connectivity index is 2.21. The number of hydrogen-bond donors (Lipinski definition) is 1. The highest BCUT2D eigenvalue weighted by Crippen LogP contribution is 2.30. The van der Waals surface area contributed by atoms with Gasteiger partial charge in [0.05, 0.1) is 5.02 Å². The molecule has 0 radical (unpaired) electrons. The molecule has 0 bridgehead atoms. The molecule has 0 aliphatic carbocycles. The lowest BCUT2D eigenvalue weighted by molar-refractivity contribution is 0.719. The molecule has 2 heterocycles. The van der Waals surface area contributed by atoms with Gasteiger partial charge in [0.1, 0.15) is 5.82 Å². The molecule has 0 amide bonds. The molecule has 3 nitrogen and oxygen atoms in total. The monoisotopic (exact) mass is 271 g/mol. The first-order valence-corrected chi connectivity index (χ1v) is 7.39. The molecule has 1 aromatic heterocycles. The largest absolute Gasteiger partial charge is 0.353 e. The van der Waals surface area contributed by atoms with Gasteiger partial charge >= 0.3 is 0 Å². The second-order valence-corrected chi connectivity index (χ2v) is 5.95. The first-order valence-electron chi connectivity index (χ1n) is 5.96. The molecule has 1 saturated heterocycles. The summed E-state index contributed by atoms with van der Waals surface area (Å²) < 4.78 is 0. The Kier molecular flexibility index (Phi) is 4.54. The van der Waals surface area contributed by atoms with Gasteiger partial charge in [-0.25, -0.2) is 4.98 Å². The summed E-state index contributed by atoms with van der Waals surface area (Å²) in [6, 6.07) is 1.89. The zero-order chi connectivity index (χ0) is 12.3. The van der Waals surface area contributed by atoms with Gasteiger partial charge < -0.3 is 10.6 Å². The maximum absolute atomic E-state index is 6.34. The maximum atomic E-state index is 6.34. The number of rotatable bonds is 3. The molecule has 0 aromatic carbocycles. The lowest BCUT2D eigenvalue weighted by atomic mass is 10.2. The molecule has 94 valence electrons. The normalized spacial score (nSPS) is 20.6. The van der Waals surface area contributed by atoms with E-state index < -0.39 is 0 Å². The van der Waals surface area contributed by atoms with Crippen LogP contribution in [0.2, 0.25) is 5.02 Å². The standard InChI is InChI=1S/C12H18ClN3S/c1-2-10-8-16(5-6-17-10)12-11(13)9(7-14)3-4-15-12/h3-4,10H,2,5-8,14H2,1H3. The predicted octanol–water partition coefficient (Wildman–Crippen LogP) is 2.53. The Morgan fingerprint density at radius 1 is 1.65 bits per heavy atom. The highest BCUT2D eigenvalue weighted by Gasteiger charge is 2.22. The molecule has 1 atom stereocenters. The lowest BCUT2D eigenvalue weighted by Crippen LogP contribution is -2.38. The van der Waals surface area contributed by atoms with Gasteiger partial charge in [-0.1, -0.05) is 18.5 Å². The van der Waals surface area contributed by atoms with Crippen molar-refractivity contribution < 1.29 is 0 Å². The smallest absolute Gasteiger partial charge is 0.147 e. The molecule has 2 N–H and O–H groups in total. The lowest BCUT2D eigenvalue weighted by Gasteiger charge is -2.33. The van der Waals surface area contributed by atoms with Crippen LogP contribution in [0.3, 0.4) is 0 Å². The van der Waals surface area contributed by atoms with E-state index in [0.717, 1.165) is 35.2 Å². The molecular weight excluding hydrogens is 254 g/mol. The highest BCUT2D eigenvalue weighted by molar-refractivity contribution is 8.00. The molecule has 17 heavy (non-hydrogen) atoms. The molecule has 1 unspecified atom stereocenters. The fourth-order valence-corrected chi connectivity index (χ4v) is 3.50. The van der Waals surface area contributed by atoms with Crippen molar-refractivity contribution in [2.24, 2.45) is 5.73 Å². The van der Waals surface area contributed by atoms with Crippen molar-refractivity contribution in [3.05, 3.63) is 22.8 Å². The Morgan fingerprint density at radius 2 is 2.47 bits per heavy atom. The number of pyridine rings is 1. The minimum Gasteiger partial charge on any atom is -0.353 e. The number of hydrogen-bond acceptors (Lipinski definition) is 4. The van der Waals surface area contributed by atoms with Crippen molar-refractivity contribution in [2.45, 2.75) is 25.1 Å². The topological polar surface area (TPSA) is 42.2 Å². The van der Waals surface area contributed by atoms with Crippen LogP contribution in [-0.2, 0) is 6.54 Å². The molecule has 2 rings (SSSR count). The van der Waals surface area contributed by atoms with Gasteiger partial charge in [0.15, 0.2) is 0 Å². The first-order chi connectivity index (χ1) is 8.26. The number of anilines is 1. The summed E-state index contributed by atoms with van der Waals surface area (Å²) in [6.07, 6.45) is 2.99. The van der Waals surface area contributed by atoms with Crippen LogP contribution in [0.25, 0.3) is 0 Å². The molecule has 1 aliphatic rings. The summed E-state index contributed by atoms with van der Waals surface area (Å²) in [5.41, 5.74) is 6.64. The highest BCUT2D eigenvalue weighted by atomic mass is 35.5. The first kappa shape index (κ1) is 13.0. The number of aromatic nitrogens is 1. The van der Waals surface area contributed by atoms with E-state index in [1.807, 2.05) is 17.8 Å². The van der Waals surface area contributed by atoms with Crippen molar-refractivity contribution in [1.29, 1.82) is 0 Å². The average Bonchev–Trinajstić information content (AvgIpc) is 2.39. The van der Waals surface area contributed by atoms with Crippen LogP contribution in [-0.4, -0.2) is 29.1 Å². The van der Waals surface area contributed by atoms with E-state index in [1.54, 1.807) is 6.20 Å². The number of nitrogens with zero attached hydrogens (tertiary/aromatic N) is 2. The van der Waals surface area contributed by atoms with Gasteiger partial charge in [-0.2, -0.15) is 11.8 Å². The van der Waals surface area contributed by atoms with Crippen molar-refractivity contribution >= 4 is 29.2 Å². The molecular formula is C12H18ClN3S. The van der Waals surface area contributed by atoms with Crippen LogP contribution < -0.4 is 10.6 Å². The molecule has 0 saturated carbocycles. The Morgan fingerprint density at radius 3 is 3.18 bits per heavy atom. The summed E-state index contributed by atoms with van der Waals surface area (Å²) in [5.74, 6) is 2.04. The fraction of sp³-hybridized carbons (Fsp3) is 0.583. The molecule has 1 aromatic rings. The number of nitrogens with two attached hydrogens (primary N) is 1. The van der Waals surface area contributed by atoms with Gasteiger partial charge in [-0.05, 0) is 18.1 Å². The minimum atomic E-state index is 0.466. The van der Waals surface area contributed by atoms with Gasteiger partial charge in [0.2, 0.25) is 0 Å². The maximum Gasteiger partial charge on any atom is 0.147 e. The summed E-state index contributed by atoms with van der Waals surface area (Å²) in [7, 11) is 0. The van der Waals surface area contributed by atoms with E-state index in [0.29, 0.717) is 11.8 Å². The third-order valence-corrected chi connectivity index (χ3v) is 4.85. The van der Waals surface area contributed by atoms with Crippen molar-refractivity contribution in [3.63, 3.8) is 0 Å². The quantitative estimate of drug-likeness (QED) is 0.917. The third kappa shape index (κ3) is 2.87. The van der Waals surface area contributed by atoms with Crippen LogP contribution in [0, 0.1) is 0 Å². The van der Waals surface area contributed by atoms with Crippen LogP contribution in [0.5, 0.6) is 0 Å². The Hall–Kier alpha value is -0.450. The summed E-state index contributed by atoms with van der Waals surface area (Å²) in [4.78, 5) is 6.69. The predicted molar refractivity (Wildman–Crippen MR) is 75.9 cm³/mol. The molecule has 5 heteroatoms. The third-order valence-electron chi connectivity index (χ3n) is 3.06. The zero-order valence-electron chi connectivity index (χ0n) is 10.0. The summed E-state index contributed by atoms with van der Waals surface area (Å²) in [6.45, 7) is 4.74. The van der Waals surface area contributed by atoms with Gasteiger partial charge in [-0.3, -0.25) is 0 Å². The molecule has 1 fully saturated rings. The number of thioether (sulfide) groups is 1. The SMILES string of the molecule is CCC1CN(c2nccc(CN)c2Cl)CCS1. The number of halogens is 1. The van der Waals surface area contributed by atoms with Crippen molar-refractivity contribution in [1.82, 2.24) is 4.98 Å². The van der Waals surface area contributed by atoms with Crippen LogP contribution in [0.15, 0.2) is 12.3 Å². The Labute approximate surface area is 112 Å². The van der Waals surface area contributed by atoms with Gasteiger partial charge in [0, 0.05) is 36.8 Å². The average molecular weight is 272 g/mol. The Bertz CT molecular complexity index is 386. The fourth-order valence-electron chi connectivity index (χ4n) is 2.01. The van der Waals surface area contributed by atoms with E-state index in [9.17, 15) is 0 Å². The van der Waals surface area contributed by atoms with Crippen LogP contribution in [0.1, 0.15) is 18.9 Å². The second-order valence-electron chi connectivity index (χ2n) is 4.16. The van der Waals surface area contributed by atoms with Gasteiger partial charge in [-0.15, -0.1) is 0 Å². The minimum absolute atomic E-state index is 0.466. The van der Waals surface area contributed by atoms with E-state index in [1.165, 1.54) is 6.42 Å². The van der Waals surface area contributed by atoms with Gasteiger partial charge in [0.25, 0.3) is 0 Å². The molecule has 1 aliphatic heterocycles. The van der Waals surface area contributed by atoms with E-state index in [4.69, 9.17) is 17.3 Å². The van der Waals surface area contributed by atoms with E-state index in [-0.39, 0.29) is 0 Å².